The highest BCUT2D eigenvalue weighted by molar-refractivity contribution is 6.43. The van der Waals surface area contributed by atoms with Crippen molar-refractivity contribution in [3.63, 3.8) is 0 Å². The van der Waals surface area contributed by atoms with Crippen molar-refractivity contribution in [3.8, 4) is 0 Å². The van der Waals surface area contributed by atoms with Crippen molar-refractivity contribution in [2.45, 2.75) is 38.3 Å². The summed E-state index contributed by atoms with van der Waals surface area (Å²) in [5.74, 6) is -1.21. The minimum atomic E-state index is -1.64. The van der Waals surface area contributed by atoms with Gasteiger partial charge in [-0.05, 0) is 6.32 Å². The summed E-state index contributed by atoms with van der Waals surface area (Å²) < 4.78 is 5.18. The molecule has 0 heterocycles. The smallest absolute Gasteiger partial charge is 0.427 e. The van der Waals surface area contributed by atoms with E-state index in [1.54, 1.807) is 0 Å². The van der Waals surface area contributed by atoms with Crippen LogP contribution in [0.15, 0.2) is 0 Å². The molecule has 0 bridgehead atoms. The SMILES string of the molecule is CCCCB(O)O[C@H](C(=O)N(C)C)[C@@H](O)C(=O)N(C)C. The monoisotopic (exact) mass is 288 g/mol. The van der Waals surface area contributed by atoms with Crippen LogP contribution in [0.3, 0.4) is 0 Å². The number of likely N-dealkylation sites (N-methyl/N-ethyl adjacent to an activating group) is 2. The second kappa shape index (κ2) is 8.94. The van der Waals surface area contributed by atoms with Gasteiger partial charge in [0, 0.05) is 28.2 Å². The first-order valence-corrected chi connectivity index (χ1v) is 6.66. The topological polar surface area (TPSA) is 90.3 Å². The molecule has 2 atom stereocenters. The summed E-state index contributed by atoms with van der Waals surface area (Å²) in [5.41, 5.74) is 0. The van der Waals surface area contributed by atoms with Crippen LogP contribution in [-0.2, 0) is 14.2 Å². The van der Waals surface area contributed by atoms with Crippen molar-refractivity contribution in [1.82, 2.24) is 9.80 Å². The minimum absolute atomic E-state index is 0.344. The van der Waals surface area contributed by atoms with Gasteiger partial charge < -0.3 is 24.6 Å². The molecule has 7 nitrogen and oxygen atoms in total. The molecule has 0 aliphatic rings. The third kappa shape index (κ3) is 5.89. The van der Waals surface area contributed by atoms with Gasteiger partial charge in [-0.3, -0.25) is 9.59 Å². The van der Waals surface area contributed by atoms with Crippen LogP contribution in [0.5, 0.6) is 0 Å². The lowest BCUT2D eigenvalue weighted by Crippen LogP contribution is -2.52. The van der Waals surface area contributed by atoms with E-state index >= 15 is 0 Å². The van der Waals surface area contributed by atoms with Crippen LogP contribution >= 0.6 is 0 Å². The molecule has 0 unspecified atom stereocenters. The number of carbonyl (C=O) groups excluding carboxylic acids is 2. The molecule has 0 aromatic carbocycles. The number of carbonyl (C=O) groups is 2. The Morgan fingerprint density at radius 1 is 1.15 bits per heavy atom. The number of nitrogens with zero attached hydrogens (tertiary/aromatic N) is 2. The Kier molecular flexibility index (Phi) is 8.44. The summed E-state index contributed by atoms with van der Waals surface area (Å²) >= 11 is 0. The van der Waals surface area contributed by atoms with E-state index in [1.807, 2.05) is 6.92 Å². The van der Waals surface area contributed by atoms with Gasteiger partial charge in [-0.25, -0.2) is 0 Å². The number of rotatable bonds is 8. The fraction of sp³-hybridized carbons (Fsp3) is 0.833. The number of amides is 2. The quantitative estimate of drug-likeness (QED) is 0.570. The third-order valence-corrected chi connectivity index (χ3v) is 2.77. The predicted octanol–water partition coefficient (Wildman–Crippen LogP) is -0.810. The molecular formula is C12H25BN2O5. The fourth-order valence-corrected chi connectivity index (χ4v) is 1.53. The molecule has 0 radical (unpaired) electrons. The molecular weight excluding hydrogens is 263 g/mol. The maximum absolute atomic E-state index is 12.0. The van der Waals surface area contributed by atoms with E-state index in [1.165, 1.54) is 38.0 Å². The highest BCUT2D eigenvalue weighted by Gasteiger charge is 2.37. The van der Waals surface area contributed by atoms with Gasteiger partial charge in [0.25, 0.3) is 11.8 Å². The Hall–Kier alpha value is -1.12. The second-order valence-corrected chi connectivity index (χ2v) is 5.06. The van der Waals surface area contributed by atoms with Gasteiger partial charge in [0.2, 0.25) is 0 Å². The van der Waals surface area contributed by atoms with Crippen LogP contribution in [0.25, 0.3) is 0 Å². The standard InChI is InChI=1S/C12H25BN2O5/c1-6-7-8-13(19)20-10(12(18)15(4)5)9(16)11(17)14(2)3/h9-10,16,19H,6-8H2,1-5H3/t9-,10+/m1/s1. The maximum atomic E-state index is 12.0. The van der Waals surface area contributed by atoms with Gasteiger partial charge in [-0.1, -0.05) is 19.8 Å². The highest BCUT2D eigenvalue weighted by Crippen LogP contribution is 2.10. The van der Waals surface area contributed by atoms with Crippen molar-refractivity contribution < 1.29 is 24.4 Å². The molecule has 116 valence electrons. The Balaban J connectivity index is 4.90. The first-order valence-electron chi connectivity index (χ1n) is 6.66. The van der Waals surface area contributed by atoms with Crippen LogP contribution in [0.1, 0.15) is 19.8 Å². The summed E-state index contributed by atoms with van der Waals surface area (Å²) in [6, 6.07) is 0. The van der Waals surface area contributed by atoms with E-state index in [0.717, 1.165) is 12.8 Å². The zero-order valence-electron chi connectivity index (χ0n) is 12.9. The molecule has 0 spiro atoms. The summed E-state index contributed by atoms with van der Waals surface area (Å²) in [7, 11) is 4.73. The number of unbranched alkanes of at least 4 members (excludes halogenated alkanes) is 1. The first kappa shape index (κ1) is 18.9. The molecule has 2 N–H and O–H groups in total. The van der Waals surface area contributed by atoms with Crippen LogP contribution in [0, 0.1) is 0 Å². The van der Waals surface area contributed by atoms with Crippen LogP contribution in [0.2, 0.25) is 6.32 Å². The molecule has 0 aliphatic heterocycles. The molecule has 2 amide bonds. The van der Waals surface area contributed by atoms with E-state index in [2.05, 4.69) is 0 Å². The van der Waals surface area contributed by atoms with E-state index < -0.39 is 31.1 Å². The lowest BCUT2D eigenvalue weighted by molar-refractivity contribution is -0.154. The van der Waals surface area contributed by atoms with Gasteiger partial charge >= 0.3 is 7.12 Å². The number of aliphatic hydroxyl groups is 1. The van der Waals surface area contributed by atoms with Gasteiger partial charge in [-0.2, -0.15) is 0 Å². The Bertz CT molecular complexity index is 325. The van der Waals surface area contributed by atoms with Crippen molar-refractivity contribution in [3.05, 3.63) is 0 Å². The Morgan fingerprint density at radius 3 is 2.05 bits per heavy atom. The molecule has 0 aromatic rings. The summed E-state index contributed by atoms with van der Waals surface area (Å²) in [4.78, 5) is 26.1. The lowest BCUT2D eigenvalue weighted by atomic mass is 9.82. The van der Waals surface area contributed by atoms with Gasteiger partial charge in [0.15, 0.2) is 12.2 Å². The molecule has 0 fully saturated rings. The third-order valence-electron chi connectivity index (χ3n) is 2.77. The van der Waals surface area contributed by atoms with Gasteiger partial charge in [-0.15, -0.1) is 0 Å². The van der Waals surface area contributed by atoms with E-state index in [9.17, 15) is 19.7 Å². The summed E-state index contributed by atoms with van der Waals surface area (Å²) in [6.45, 7) is 1.96. The van der Waals surface area contributed by atoms with Crippen LogP contribution in [0.4, 0.5) is 0 Å². The molecule has 0 aliphatic carbocycles. The Labute approximate surface area is 120 Å². The highest BCUT2D eigenvalue weighted by atomic mass is 16.5. The number of aliphatic hydroxyl groups excluding tert-OH is 1. The average molecular weight is 288 g/mol. The van der Waals surface area contributed by atoms with E-state index in [4.69, 9.17) is 4.65 Å². The zero-order chi connectivity index (χ0) is 15.9. The number of hydrogen-bond donors (Lipinski definition) is 2. The van der Waals surface area contributed by atoms with Gasteiger partial charge in [0.1, 0.15) is 0 Å². The van der Waals surface area contributed by atoms with Crippen LogP contribution < -0.4 is 0 Å². The van der Waals surface area contributed by atoms with Crippen molar-refractivity contribution in [2.75, 3.05) is 28.2 Å². The predicted molar refractivity (Wildman–Crippen MR) is 76.0 cm³/mol. The Morgan fingerprint density at radius 2 is 1.65 bits per heavy atom. The van der Waals surface area contributed by atoms with Crippen molar-refractivity contribution in [1.29, 1.82) is 0 Å². The number of hydrogen-bond acceptors (Lipinski definition) is 5. The lowest BCUT2D eigenvalue weighted by Gasteiger charge is -2.27. The fourth-order valence-electron chi connectivity index (χ4n) is 1.53. The largest absolute Gasteiger partial charge is 0.454 e. The molecule has 0 rings (SSSR count). The molecule has 8 heteroatoms. The van der Waals surface area contributed by atoms with Crippen molar-refractivity contribution >= 4 is 18.9 Å². The van der Waals surface area contributed by atoms with Crippen LogP contribution in [-0.4, -0.2) is 79.3 Å². The first-order chi connectivity index (χ1) is 9.22. The minimum Gasteiger partial charge on any atom is -0.427 e. The van der Waals surface area contributed by atoms with E-state index in [-0.39, 0.29) is 0 Å². The summed E-state index contributed by atoms with van der Waals surface area (Å²) in [6.07, 6.45) is -1.12. The molecule has 0 aromatic heterocycles. The average Bonchev–Trinajstić information content (AvgIpc) is 2.39. The maximum Gasteiger partial charge on any atom is 0.454 e. The molecule has 0 saturated carbocycles. The summed E-state index contributed by atoms with van der Waals surface area (Å²) in [5, 5.41) is 19.7. The zero-order valence-corrected chi connectivity index (χ0v) is 12.9. The van der Waals surface area contributed by atoms with Crippen molar-refractivity contribution in [2.24, 2.45) is 0 Å². The van der Waals surface area contributed by atoms with Gasteiger partial charge in [0.05, 0.1) is 0 Å². The second-order valence-electron chi connectivity index (χ2n) is 5.06. The molecule has 0 saturated heterocycles. The normalized spacial score (nSPS) is 13.6. The molecule has 20 heavy (non-hydrogen) atoms. The van der Waals surface area contributed by atoms with E-state index in [0.29, 0.717) is 6.32 Å².